The third-order valence-electron chi connectivity index (χ3n) is 5.54. The maximum absolute atomic E-state index is 12.9. The molecular weight excluding hydrogens is 426 g/mol. The Balaban J connectivity index is 1.75. The van der Waals surface area contributed by atoms with Gasteiger partial charge in [0, 0.05) is 19.6 Å². The van der Waals surface area contributed by atoms with E-state index < -0.39 is 5.97 Å². The third kappa shape index (κ3) is 5.75. The van der Waals surface area contributed by atoms with Crippen LogP contribution in [0.15, 0.2) is 24.3 Å². The minimum atomic E-state index is -0.540. The van der Waals surface area contributed by atoms with E-state index in [4.69, 9.17) is 4.74 Å². The van der Waals surface area contributed by atoms with Gasteiger partial charge in [-0.3, -0.25) is 14.5 Å². The summed E-state index contributed by atoms with van der Waals surface area (Å²) < 4.78 is 5.16. The van der Waals surface area contributed by atoms with Crippen LogP contribution in [0.2, 0.25) is 0 Å². The number of thiophene rings is 1. The number of hydrogen-bond donors (Lipinski definition) is 2. The summed E-state index contributed by atoms with van der Waals surface area (Å²) in [5, 5.41) is 5.79. The molecule has 0 saturated heterocycles. The summed E-state index contributed by atoms with van der Waals surface area (Å²) in [4.78, 5) is 40.2. The number of benzene rings is 1. The lowest BCUT2D eigenvalue weighted by atomic mass is 10.1. The Bertz CT molecular complexity index is 980. The molecule has 32 heavy (non-hydrogen) atoms. The number of nitrogens with one attached hydrogen (secondary N) is 2. The van der Waals surface area contributed by atoms with Crippen LogP contribution in [-0.4, -0.2) is 48.9 Å². The van der Waals surface area contributed by atoms with E-state index in [1.54, 1.807) is 13.8 Å². The second-order valence-corrected chi connectivity index (χ2v) is 8.93. The second-order valence-electron chi connectivity index (χ2n) is 7.91. The standard InChI is InChI=1S/C24H31N3O4S/c1-5-16-7-9-17(10-8-16)13-27(18-11-12-18)14-19(28)26-23-20(24(30)31-6-2)15(3)21(32-23)22(29)25-4/h7-10,18H,5-6,11-14H2,1-4H3,(H,25,29)(H,26,28). The Labute approximate surface area is 193 Å². The maximum Gasteiger partial charge on any atom is 0.341 e. The molecule has 0 atom stereocenters. The lowest BCUT2D eigenvalue weighted by molar-refractivity contribution is -0.117. The molecule has 1 fully saturated rings. The van der Waals surface area contributed by atoms with E-state index in [9.17, 15) is 14.4 Å². The predicted octanol–water partition coefficient (Wildman–Crippen LogP) is 3.76. The number of esters is 1. The Hall–Kier alpha value is -2.71. The summed E-state index contributed by atoms with van der Waals surface area (Å²) >= 11 is 1.10. The van der Waals surface area contributed by atoms with E-state index >= 15 is 0 Å². The fraction of sp³-hybridized carbons (Fsp3) is 0.458. The van der Waals surface area contributed by atoms with Crippen molar-refractivity contribution in [3.8, 4) is 0 Å². The smallest absolute Gasteiger partial charge is 0.341 e. The molecule has 2 aromatic rings. The molecule has 1 aliphatic rings. The number of anilines is 1. The lowest BCUT2D eigenvalue weighted by Crippen LogP contribution is -2.34. The minimum Gasteiger partial charge on any atom is -0.462 e. The zero-order chi connectivity index (χ0) is 23.3. The van der Waals surface area contributed by atoms with Crippen LogP contribution in [0.3, 0.4) is 0 Å². The molecule has 1 aromatic heterocycles. The molecule has 0 spiro atoms. The molecule has 7 nitrogen and oxygen atoms in total. The molecule has 3 rings (SSSR count). The van der Waals surface area contributed by atoms with Crippen molar-refractivity contribution in [3.05, 3.63) is 51.4 Å². The number of amides is 2. The zero-order valence-electron chi connectivity index (χ0n) is 19.1. The molecule has 2 N–H and O–H groups in total. The normalized spacial score (nSPS) is 13.2. The number of carbonyl (C=O) groups excluding carboxylic acids is 3. The summed E-state index contributed by atoms with van der Waals surface area (Å²) in [5.41, 5.74) is 3.22. The number of ether oxygens (including phenoxy) is 1. The molecule has 172 valence electrons. The summed E-state index contributed by atoms with van der Waals surface area (Å²) in [7, 11) is 1.53. The van der Waals surface area contributed by atoms with Gasteiger partial charge in [-0.25, -0.2) is 4.79 Å². The number of hydrogen-bond acceptors (Lipinski definition) is 6. The number of aryl methyl sites for hydroxylation is 1. The van der Waals surface area contributed by atoms with Gasteiger partial charge in [0.2, 0.25) is 5.91 Å². The van der Waals surface area contributed by atoms with Gasteiger partial charge in [0.05, 0.1) is 23.6 Å². The molecule has 0 bridgehead atoms. The molecule has 0 unspecified atom stereocenters. The van der Waals surface area contributed by atoms with E-state index in [1.165, 1.54) is 18.2 Å². The molecular formula is C24H31N3O4S. The van der Waals surface area contributed by atoms with Crippen LogP contribution < -0.4 is 10.6 Å². The van der Waals surface area contributed by atoms with Crippen LogP contribution in [0.25, 0.3) is 0 Å². The van der Waals surface area contributed by atoms with Crippen molar-refractivity contribution in [3.63, 3.8) is 0 Å². The number of carbonyl (C=O) groups is 3. The predicted molar refractivity (Wildman–Crippen MR) is 126 cm³/mol. The molecule has 0 aliphatic heterocycles. The number of nitrogens with zero attached hydrogens (tertiary/aromatic N) is 1. The zero-order valence-corrected chi connectivity index (χ0v) is 19.9. The fourth-order valence-corrected chi connectivity index (χ4v) is 4.76. The quantitative estimate of drug-likeness (QED) is 0.531. The topological polar surface area (TPSA) is 87.7 Å². The molecule has 8 heteroatoms. The average Bonchev–Trinajstić information content (AvgIpc) is 3.57. The Morgan fingerprint density at radius 2 is 1.78 bits per heavy atom. The van der Waals surface area contributed by atoms with Gasteiger partial charge < -0.3 is 15.4 Å². The minimum absolute atomic E-state index is 0.211. The van der Waals surface area contributed by atoms with Gasteiger partial charge in [-0.2, -0.15) is 0 Å². The van der Waals surface area contributed by atoms with Gasteiger partial charge in [0.1, 0.15) is 5.00 Å². The number of rotatable bonds is 10. The van der Waals surface area contributed by atoms with Gasteiger partial charge in [0.25, 0.3) is 5.91 Å². The van der Waals surface area contributed by atoms with Crippen LogP contribution >= 0.6 is 11.3 Å². The van der Waals surface area contributed by atoms with Crippen LogP contribution in [-0.2, 0) is 22.5 Å². The van der Waals surface area contributed by atoms with Gasteiger partial charge in [-0.1, -0.05) is 31.2 Å². The first-order valence-electron chi connectivity index (χ1n) is 11.0. The van der Waals surface area contributed by atoms with E-state index in [0.717, 1.165) is 30.6 Å². The molecule has 2 amide bonds. The maximum atomic E-state index is 12.9. The Kier molecular flexibility index (Phi) is 8.04. The van der Waals surface area contributed by atoms with E-state index in [0.29, 0.717) is 28.0 Å². The van der Waals surface area contributed by atoms with Crippen molar-refractivity contribution in [2.45, 2.75) is 52.6 Å². The summed E-state index contributed by atoms with van der Waals surface area (Å²) in [6, 6.07) is 8.87. The third-order valence-corrected chi connectivity index (χ3v) is 6.75. The summed E-state index contributed by atoms with van der Waals surface area (Å²) in [6.45, 7) is 6.66. The SMILES string of the molecule is CCOC(=O)c1c(NC(=O)CN(Cc2ccc(CC)cc2)C2CC2)sc(C(=O)NC)c1C. The average molecular weight is 458 g/mol. The van der Waals surface area contributed by atoms with Crippen molar-refractivity contribution in [1.82, 2.24) is 10.2 Å². The Morgan fingerprint density at radius 3 is 2.34 bits per heavy atom. The highest BCUT2D eigenvalue weighted by Gasteiger charge is 2.31. The van der Waals surface area contributed by atoms with Gasteiger partial charge in [0.15, 0.2) is 0 Å². The van der Waals surface area contributed by atoms with Gasteiger partial charge in [-0.15, -0.1) is 11.3 Å². The van der Waals surface area contributed by atoms with E-state index in [-0.39, 0.29) is 30.5 Å². The monoisotopic (exact) mass is 457 g/mol. The highest BCUT2D eigenvalue weighted by molar-refractivity contribution is 7.18. The highest BCUT2D eigenvalue weighted by Crippen LogP contribution is 2.34. The first-order valence-corrected chi connectivity index (χ1v) is 11.8. The summed E-state index contributed by atoms with van der Waals surface area (Å²) in [6.07, 6.45) is 3.15. The Morgan fingerprint density at radius 1 is 1.12 bits per heavy atom. The van der Waals surface area contributed by atoms with Crippen LogP contribution in [0.5, 0.6) is 0 Å². The molecule has 0 radical (unpaired) electrons. The molecule has 1 aromatic carbocycles. The second kappa shape index (κ2) is 10.7. The van der Waals surface area contributed by atoms with Crippen molar-refractivity contribution in [1.29, 1.82) is 0 Å². The largest absolute Gasteiger partial charge is 0.462 e. The van der Waals surface area contributed by atoms with Crippen molar-refractivity contribution in [2.24, 2.45) is 0 Å². The first kappa shape index (κ1) is 23.9. The molecule has 1 saturated carbocycles. The van der Waals surface area contributed by atoms with E-state index in [2.05, 4.69) is 46.7 Å². The van der Waals surface area contributed by atoms with Gasteiger partial charge in [-0.05, 0) is 49.8 Å². The van der Waals surface area contributed by atoms with Crippen LogP contribution in [0.1, 0.15) is 63.4 Å². The molecule has 1 heterocycles. The van der Waals surface area contributed by atoms with Crippen molar-refractivity contribution >= 4 is 34.1 Å². The highest BCUT2D eigenvalue weighted by atomic mass is 32.1. The van der Waals surface area contributed by atoms with Crippen LogP contribution in [0.4, 0.5) is 5.00 Å². The van der Waals surface area contributed by atoms with E-state index in [1.807, 2.05) is 0 Å². The van der Waals surface area contributed by atoms with Gasteiger partial charge >= 0.3 is 5.97 Å². The van der Waals surface area contributed by atoms with Crippen LogP contribution in [0, 0.1) is 6.92 Å². The lowest BCUT2D eigenvalue weighted by Gasteiger charge is -2.21. The molecule has 1 aliphatic carbocycles. The first-order chi connectivity index (χ1) is 15.4. The fourth-order valence-electron chi connectivity index (χ4n) is 3.60. The van der Waals surface area contributed by atoms with Crippen molar-refractivity contribution in [2.75, 3.05) is 25.5 Å². The van der Waals surface area contributed by atoms with Crippen molar-refractivity contribution < 1.29 is 19.1 Å². The summed E-state index contributed by atoms with van der Waals surface area (Å²) in [5.74, 6) is -1.05.